The van der Waals surface area contributed by atoms with E-state index in [2.05, 4.69) is 0 Å². The Kier molecular flexibility index (Phi) is 3.99. The van der Waals surface area contributed by atoms with Crippen LogP contribution in [0, 0.1) is 5.82 Å². The molecule has 5 heteroatoms. The van der Waals surface area contributed by atoms with E-state index < -0.39 is 17.6 Å². The van der Waals surface area contributed by atoms with Gasteiger partial charge in [0.2, 0.25) is 0 Å². The molecule has 16 heavy (non-hydrogen) atoms. The highest BCUT2D eigenvalue weighted by molar-refractivity contribution is 6.00. The van der Waals surface area contributed by atoms with Crippen LogP contribution in [-0.4, -0.2) is 24.0 Å². The van der Waals surface area contributed by atoms with E-state index in [-0.39, 0.29) is 24.2 Å². The summed E-state index contributed by atoms with van der Waals surface area (Å²) in [7, 11) is 1.32. The van der Waals surface area contributed by atoms with Gasteiger partial charge in [-0.3, -0.25) is 9.59 Å². The van der Waals surface area contributed by atoms with Gasteiger partial charge in [0.05, 0.1) is 19.1 Å². The van der Waals surface area contributed by atoms with E-state index in [1.807, 2.05) is 0 Å². The summed E-state index contributed by atoms with van der Waals surface area (Å²) in [5.41, 5.74) is -0.189. The normalized spacial score (nSPS) is 9.88. The first-order valence-electron chi connectivity index (χ1n) is 4.63. The van der Waals surface area contributed by atoms with Crippen LogP contribution in [0.3, 0.4) is 0 Å². The van der Waals surface area contributed by atoms with Gasteiger partial charge >= 0.3 is 5.97 Å². The minimum Gasteiger partial charge on any atom is -0.496 e. The van der Waals surface area contributed by atoms with Gasteiger partial charge in [0.15, 0.2) is 5.78 Å². The predicted octanol–water partition coefficient (Wildman–Crippen LogP) is 1.88. The van der Waals surface area contributed by atoms with Gasteiger partial charge in [-0.15, -0.1) is 0 Å². The highest BCUT2D eigenvalue weighted by Crippen LogP contribution is 2.23. The molecule has 0 heterocycles. The maximum absolute atomic E-state index is 13.4. The van der Waals surface area contributed by atoms with Crippen LogP contribution in [0.4, 0.5) is 4.39 Å². The molecule has 0 atom stereocenters. The van der Waals surface area contributed by atoms with E-state index in [9.17, 15) is 14.0 Å². The molecule has 86 valence electrons. The van der Waals surface area contributed by atoms with Gasteiger partial charge in [-0.1, -0.05) is 6.07 Å². The third-order valence-corrected chi connectivity index (χ3v) is 2.04. The first kappa shape index (κ1) is 12.2. The fraction of sp³-hybridized carbons (Fsp3) is 0.273. The van der Waals surface area contributed by atoms with Crippen LogP contribution in [0.1, 0.15) is 23.2 Å². The number of methoxy groups -OCH3 is 1. The first-order valence-corrected chi connectivity index (χ1v) is 4.63. The molecule has 0 aromatic heterocycles. The van der Waals surface area contributed by atoms with Crippen molar-refractivity contribution >= 4 is 11.8 Å². The number of carboxylic acids is 1. The molecular formula is C11H11FO4. The Bertz CT molecular complexity index is 414. The van der Waals surface area contributed by atoms with Crippen molar-refractivity contribution in [1.29, 1.82) is 0 Å². The van der Waals surface area contributed by atoms with Crippen molar-refractivity contribution in [2.45, 2.75) is 12.8 Å². The standard InChI is InChI=1S/C11H11FO4/c1-16-9-4-2-3-7(12)11(9)8(13)5-6-10(14)15/h2-4H,5-6H2,1H3,(H,14,15). The number of Topliss-reactive ketones (excluding diaryl/α,β-unsaturated/α-hetero) is 1. The molecule has 0 aliphatic heterocycles. The molecule has 0 saturated carbocycles. The van der Waals surface area contributed by atoms with Crippen LogP contribution in [-0.2, 0) is 4.79 Å². The van der Waals surface area contributed by atoms with Crippen LogP contribution in [0.25, 0.3) is 0 Å². The lowest BCUT2D eigenvalue weighted by Crippen LogP contribution is -2.07. The van der Waals surface area contributed by atoms with E-state index >= 15 is 0 Å². The predicted molar refractivity (Wildman–Crippen MR) is 54.2 cm³/mol. The first-order chi connectivity index (χ1) is 7.56. The maximum atomic E-state index is 13.4. The number of aliphatic carboxylic acids is 1. The Morgan fingerprint density at radius 2 is 2.06 bits per heavy atom. The Labute approximate surface area is 91.7 Å². The number of carboxylic acid groups (broad SMARTS) is 1. The average Bonchev–Trinajstić information content (AvgIpc) is 2.25. The Balaban J connectivity index is 2.93. The molecule has 0 spiro atoms. The van der Waals surface area contributed by atoms with E-state index in [1.165, 1.54) is 19.2 Å². The Morgan fingerprint density at radius 3 is 2.62 bits per heavy atom. The molecule has 0 radical (unpaired) electrons. The van der Waals surface area contributed by atoms with Gasteiger partial charge in [0.1, 0.15) is 11.6 Å². The van der Waals surface area contributed by atoms with Gasteiger partial charge in [-0.25, -0.2) is 4.39 Å². The molecule has 0 bridgehead atoms. The minimum absolute atomic E-state index is 0.121. The van der Waals surface area contributed by atoms with Gasteiger partial charge in [0, 0.05) is 6.42 Å². The number of ketones is 1. The van der Waals surface area contributed by atoms with Crippen molar-refractivity contribution in [2.75, 3.05) is 7.11 Å². The Hall–Kier alpha value is -1.91. The summed E-state index contributed by atoms with van der Waals surface area (Å²) in [6.07, 6.45) is -0.567. The monoisotopic (exact) mass is 226 g/mol. The second kappa shape index (κ2) is 5.25. The van der Waals surface area contributed by atoms with Crippen LogP contribution < -0.4 is 4.74 Å². The summed E-state index contributed by atoms with van der Waals surface area (Å²) >= 11 is 0. The van der Waals surface area contributed by atoms with E-state index in [0.717, 1.165) is 6.07 Å². The second-order valence-corrected chi connectivity index (χ2v) is 3.13. The number of benzene rings is 1. The van der Waals surface area contributed by atoms with Crippen LogP contribution >= 0.6 is 0 Å². The van der Waals surface area contributed by atoms with Crippen LogP contribution in [0.15, 0.2) is 18.2 Å². The molecular weight excluding hydrogens is 215 g/mol. The van der Waals surface area contributed by atoms with Crippen molar-refractivity contribution in [2.24, 2.45) is 0 Å². The molecule has 1 N–H and O–H groups in total. The van der Waals surface area contributed by atoms with Crippen molar-refractivity contribution in [3.8, 4) is 5.75 Å². The SMILES string of the molecule is COc1cccc(F)c1C(=O)CCC(=O)O. The topological polar surface area (TPSA) is 63.6 Å². The van der Waals surface area contributed by atoms with Crippen LogP contribution in [0.2, 0.25) is 0 Å². The number of carbonyl (C=O) groups is 2. The molecule has 1 rings (SSSR count). The zero-order valence-corrected chi connectivity index (χ0v) is 8.70. The molecule has 0 aliphatic carbocycles. The van der Waals surface area contributed by atoms with E-state index in [0.29, 0.717) is 0 Å². The lowest BCUT2D eigenvalue weighted by Gasteiger charge is -2.07. The van der Waals surface area contributed by atoms with Crippen molar-refractivity contribution in [3.05, 3.63) is 29.6 Å². The molecule has 0 amide bonds. The quantitative estimate of drug-likeness (QED) is 0.778. The number of hydrogen-bond donors (Lipinski definition) is 1. The highest BCUT2D eigenvalue weighted by Gasteiger charge is 2.17. The van der Waals surface area contributed by atoms with E-state index in [1.54, 1.807) is 0 Å². The molecule has 0 aliphatic rings. The van der Waals surface area contributed by atoms with E-state index in [4.69, 9.17) is 9.84 Å². The molecule has 0 unspecified atom stereocenters. The van der Waals surface area contributed by atoms with Gasteiger partial charge in [-0.05, 0) is 12.1 Å². The van der Waals surface area contributed by atoms with Gasteiger partial charge < -0.3 is 9.84 Å². The number of ether oxygens (including phenoxy) is 1. The molecule has 1 aromatic rings. The lowest BCUT2D eigenvalue weighted by atomic mass is 10.0. The summed E-state index contributed by atoms with van der Waals surface area (Å²) in [4.78, 5) is 21.9. The minimum atomic E-state index is -1.09. The maximum Gasteiger partial charge on any atom is 0.303 e. The zero-order valence-electron chi connectivity index (χ0n) is 8.70. The van der Waals surface area contributed by atoms with Gasteiger partial charge in [0.25, 0.3) is 0 Å². The molecule has 1 aromatic carbocycles. The summed E-state index contributed by atoms with van der Waals surface area (Å²) in [6.45, 7) is 0. The third kappa shape index (κ3) is 2.79. The fourth-order valence-corrected chi connectivity index (χ4v) is 1.29. The lowest BCUT2D eigenvalue weighted by molar-refractivity contribution is -0.136. The smallest absolute Gasteiger partial charge is 0.303 e. The number of rotatable bonds is 5. The second-order valence-electron chi connectivity index (χ2n) is 3.13. The number of halogens is 1. The largest absolute Gasteiger partial charge is 0.496 e. The summed E-state index contributed by atoms with van der Waals surface area (Å²) in [5.74, 6) is -2.24. The average molecular weight is 226 g/mol. The van der Waals surface area contributed by atoms with Crippen molar-refractivity contribution in [3.63, 3.8) is 0 Å². The van der Waals surface area contributed by atoms with Gasteiger partial charge in [-0.2, -0.15) is 0 Å². The van der Waals surface area contributed by atoms with Crippen LogP contribution in [0.5, 0.6) is 5.75 Å². The summed E-state index contributed by atoms with van der Waals surface area (Å²) in [6, 6.07) is 4.01. The fourth-order valence-electron chi connectivity index (χ4n) is 1.29. The third-order valence-electron chi connectivity index (χ3n) is 2.04. The highest BCUT2D eigenvalue weighted by atomic mass is 19.1. The van der Waals surface area contributed by atoms with Crippen molar-refractivity contribution in [1.82, 2.24) is 0 Å². The number of hydrogen-bond acceptors (Lipinski definition) is 3. The summed E-state index contributed by atoms with van der Waals surface area (Å²) < 4.78 is 18.2. The zero-order chi connectivity index (χ0) is 12.1. The molecule has 0 saturated heterocycles. The molecule has 0 fully saturated rings. The Morgan fingerprint density at radius 1 is 1.38 bits per heavy atom. The van der Waals surface area contributed by atoms with Crippen molar-refractivity contribution < 1.29 is 23.8 Å². The summed E-state index contributed by atoms with van der Waals surface area (Å²) in [5, 5.41) is 8.43. The molecule has 4 nitrogen and oxygen atoms in total. The number of carbonyl (C=O) groups excluding carboxylic acids is 1.